The maximum absolute atomic E-state index is 10.6. The van der Waals surface area contributed by atoms with Crippen LogP contribution in [0.3, 0.4) is 0 Å². The van der Waals surface area contributed by atoms with Crippen molar-refractivity contribution in [2.24, 2.45) is 0 Å². The van der Waals surface area contributed by atoms with E-state index >= 15 is 0 Å². The second-order valence-electron chi connectivity index (χ2n) is 1.52. The normalized spacial score (nSPS) is 10.8. The molecule has 0 aliphatic rings. The topological polar surface area (TPSA) is 69.4 Å². The first-order chi connectivity index (χ1) is 4.92. The number of rotatable bonds is 3. The second-order valence-corrected chi connectivity index (χ2v) is 2.81. The van der Waals surface area contributed by atoms with E-state index in [9.17, 15) is 14.9 Å². The lowest BCUT2D eigenvalue weighted by Gasteiger charge is -2.07. The quantitative estimate of drug-likeness (QED) is 0.224. The molecule has 0 aromatic carbocycles. The van der Waals surface area contributed by atoms with Crippen LogP contribution >= 0.6 is 23.2 Å². The fraction of sp³-hybridized carbons (Fsp3) is 0.750. The smallest absolute Gasteiger partial charge is 0.459 e. The van der Waals surface area contributed by atoms with Gasteiger partial charge in [-0.15, -0.1) is 0 Å². The molecule has 0 aliphatic heterocycles. The van der Waals surface area contributed by atoms with E-state index in [0.717, 1.165) is 0 Å². The molecule has 0 radical (unpaired) electrons. The van der Waals surface area contributed by atoms with Gasteiger partial charge in [0.25, 0.3) is 0 Å². The highest BCUT2D eigenvalue weighted by atomic mass is 35.5. The van der Waals surface area contributed by atoms with E-state index in [1.807, 2.05) is 0 Å². The van der Waals surface area contributed by atoms with Crippen molar-refractivity contribution in [2.75, 3.05) is 6.61 Å². The number of halogens is 2. The molecule has 0 unspecified atom stereocenters. The molecule has 5 nitrogen and oxygen atoms in total. The van der Waals surface area contributed by atoms with Crippen LogP contribution in [-0.4, -0.2) is 22.0 Å². The second kappa shape index (κ2) is 3.73. The summed E-state index contributed by atoms with van der Waals surface area (Å²) >= 11 is 9.98. The molecular weight excluding hydrogens is 197 g/mol. The van der Waals surface area contributed by atoms with Crippen LogP contribution in [0.25, 0.3) is 0 Å². The summed E-state index contributed by atoms with van der Waals surface area (Å²) in [6.07, 6.45) is 0. The summed E-state index contributed by atoms with van der Waals surface area (Å²) in [5.74, 6) is -1.27. The molecule has 0 bridgehead atoms. The van der Waals surface area contributed by atoms with Gasteiger partial charge in [0.05, 0.1) is 11.5 Å². The first-order valence-corrected chi connectivity index (χ1v) is 3.38. The fourth-order valence-corrected chi connectivity index (χ4v) is 0.402. The molecule has 0 saturated heterocycles. The van der Waals surface area contributed by atoms with Gasteiger partial charge in [0, 0.05) is 0 Å². The summed E-state index contributed by atoms with van der Waals surface area (Å²) in [7, 11) is 0. The number of hydrogen-bond donors (Lipinski definition) is 0. The van der Waals surface area contributed by atoms with Crippen LogP contribution in [-0.2, 0) is 9.53 Å². The number of carbonyl (C=O) groups excluding carboxylic acids is 1. The predicted molar refractivity (Wildman–Crippen MR) is 38.1 cm³/mol. The molecule has 7 heteroatoms. The van der Waals surface area contributed by atoms with E-state index in [-0.39, 0.29) is 6.61 Å². The van der Waals surface area contributed by atoms with Crippen molar-refractivity contribution in [1.82, 2.24) is 0 Å². The Bertz CT molecular complexity index is 181. The molecule has 0 spiro atoms. The lowest BCUT2D eigenvalue weighted by Crippen LogP contribution is -2.36. The predicted octanol–water partition coefficient (Wildman–Crippen LogP) is 0.958. The Kier molecular flexibility index (Phi) is 3.54. The maximum atomic E-state index is 10.6. The van der Waals surface area contributed by atoms with Crippen LogP contribution in [0.1, 0.15) is 6.92 Å². The molecule has 11 heavy (non-hydrogen) atoms. The van der Waals surface area contributed by atoms with Crippen molar-refractivity contribution in [3.05, 3.63) is 10.1 Å². The zero-order valence-electron chi connectivity index (χ0n) is 5.54. The van der Waals surface area contributed by atoms with Gasteiger partial charge >= 0.3 is 10.4 Å². The van der Waals surface area contributed by atoms with Crippen LogP contribution in [0.4, 0.5) is 0 Å². The zero-order valence-corrected chi connectivity index (χ0v) is 7.06. The van der Waals surface area contributed by atoms with Crippen molar-refractivity contribution in [1.29, 1.82) is 0 Å². The van der Waals surface area contributed by atoms with E-state index < -0.39 is 15.3 Å². The number of nitro groups is 1. The average Bonchev–Trinajstić information content (AvgIpc) is 1.88. The Morgan fingerprint density at radius 3 is 2.45 bits per heavy atom. The Morgan fingerprint density at radius 2 is 2.18 bits per heavy atom. The Morgan fingerprint density at radius 1 is 1.73 bits per heavy atom. The van der Waals surface area contributed by atoms with Gasteiger partial charge in [-0.3, -0.25) is 10.1 Å². The minimum atomic E-state index is -2.68. The van der Waals surface area contributed by atoms with Crippen molar-refractivity contribution < 1.29 is 14.5 Å². The monoisotopic (exact) mass is 201 g/mol. The van der Waals surface area contributed by atoms with Crippen molar-refractivity contribution in [2.45, 2.75) is 11.4 Å². The Hall–Kier alpha value is -0.550. The number of carbonyl (C=O) groups is 1. The molecule has 0 rings (SSSR count). The first-order valence-electron chi connectivity index (χ1n) is 2.62. The van der Waals surface area contributed by atoms with Crippen LogP contribution in [0.15, 0.2) is 0 Å². The minimum absolute atomic E-state index is 0.00609. The minimum Gasteiger partial charge on any atom is -0.459 e. The zero-order chi connectivity index (χ0) is 9.07. The number of nitrogens with zero attached hydrogens (tertiary/aromatic N) is 1. The first kappa shape index (κ1) is 10.4. The van der Waals surface area contributed by atoms with Gasteiger partial charge < -0.3 is 4.74 Å². The molecule has 0 aromatic rings. The van der Waals surface area contributed by atoms with E-state index in [4.69, 9.17) is 23.2 Å². The van der Waals surface area contributed by atoms with Gasteiger partial charge in [0.15, 0.2) is 0 Å². The molecule has 0 N–H and O–H groups in total. The largest absolute Gasteiger partial charge is 0.466 e. The fourth-order valence-electron chi connectivity index (χ4n) is 0.292. The number of alkyl halides is 2. The van der Waals surface area contributed by atoms with Crippen molar-refractivity contribution in [3.63, 3.8) is 0 Å². The highest BCUT2D eigenvalue weighted by molar-refractivity contribution is 6.55. The van der Waals surface area contributed by atoms with Crippen molar-refractivity contribution in [3.8, 4) is 0 Å². The van der Waals surface area contributed by atoms with Gasteiger partial charge in [-0.25, -0.2) is 4.79 Å². The third-order valence-electron chi connectivity index (χ3n) is 0.750. The summed E-state index contributed by atoms with van der Waals surface area (Å²) < 4.78 is 1.54. The van der Waals surface area contributed by atoms with E-state index in [1.54, 1.807) is 0 Å². The van der Waals surface area contributed by atoms with Gasteiger partial charge in [0.1, 0.15) is 0 Å². The lowest BCUT2D eigenvalue weighted by atomic mass is 10.6. The van der Waals surface area contributed by atoms with E-state index in [0.29, 0.717) is 0 Å². The van der Waals surface area contributed by atoms with Crippen LogP contribution < -0.4 is 0 Å². The number of ether oxygens (including phenoxy) is 1. The third-order valence-corrected chi connectivity index (χ3v) is 1.33. The third kappa shape index (κ3) is 2.51. The van der Waals surface area contributed by atoms with Gasteiger partial charge in [-0.1, -0.05) is 0 Å². The summed E-state index contributed by atoms with van der Waals surface area (Å²) in [4.78, 5) is 19.4. The summed E-state index contributed by atoms with van der Waals surface area (Å²) in [5.41, 5.74) is 0. The Balaban J connectivity index is 4.30. The SMILES string of the molecule is CCOC(=O)C(Cl)(Cl)[N+](=O)[O-]. The van der Waals surface area contributed by atoms with Gasteiger partial charge in [-0.2, -0.15) is 0 Å². The molecule has 0 amide bonds. The number of hydrogen-bond acceptors (Lipinski definition) is 4. The summed E-state index contributed by atoms with van der Waals surface area (Å²) in [5, 5.41) is 9.98. The van der Waals surface area contributed by atoms with E-state index in [1.165, 1.54) is 6.92 Å². The molecule has 0 aromatic heterocycles. The molecule has 0 heterocycles. The highest BCUT2D eigenvalue weighted by Crippen LogP contribution is 2.22. The molecular formula is C4H5Cl2NO4. The summed E-state index contributed by atoms with van der Waals surface area (Å²) in [6, 6.07) is 0. The van der Waals surface area contributed by atoms with E-state index in [2.05, 4.69) is 4.74 Å². The summed E-state index contributed by atoms with van der Waals surface area (Å²) in [6.45, 7) is 1.48. The lowest BCUT2D eigenvalue weighted by molar-refractivity contribution is -0.504. The maximum Gasteiger partial charge on any atom is 0.466 e. The Labute approximate surface area is 72.4 Å². The van der Waals surface area contributed by atoms with Crippen LogP contribution in [0.2, 0.25) is 0 Å². The number of esters is 1. The van der Waals surface area contributed by atoms with Crippen molar-refractivity contribution >= 4 is 29.2 Å². The van der Waals surface area contributed by atoms with Crippen LogP contribution in [0.5, 0.6) is 0 Å². The van der Waals surface area contributed by atoms with Gasteiger partial charge in [-0.05, 0) is 30.1 Å². The highest BCUT2D eigenvalue weighted by Gasteiger charge is 2.49. The standard InChI is InChI=1S/C4H5Cl2NO4/c1-2-11-3(8)4(5,6)7(9)10/h2H2,1H3. The molecule has 64 valence electrons. The average molecular weight is 202 g/mol. The molecule has 0 saturated carbocycles. The molecule has 0 fully saturated rings. The van der Waals surface area contributed by atoms with Crippen LogP contribution in [0, 0.1) is 10.1 Å². The molecule has 0 atom stereocenters. The molecule has 0 aliphatic carbocycles. The van der Waals surface area contributed by atoms with Gasteiger partial charge in [0.2, 0.25) is 0 Å².